The summed E-state index contributed by atoms with van der Waals surface area (Å²) in [5.74, 6) is 27.0. The van der Waals surface area contributed by atoms with Gasteiger partial charge in [-0.15, -0.1) is 17.9 Å². The average molecular weight is 1370 g/mol. The van der Waals surface area contributed by atoms with Gasteiger partial charge in [0.1, 0.15) is 29.9 Å². The quantitative estimate of drug-likeness (QED) is 0.0161. The SMILES string of the molecule is C#CC#CC#CC#CC#CC#C[N+](C)(C)CCN=[N+]=[N-].C#CC[N+](C)(C)CCCN1C(=O)NC(C)(C)C1=O.CCCCCCCCCCCC[N+](C)(C)CCn1cc(C[N+](C)(C)CCCN2C(=O)NC(C)(C)C2=O)nn1.[Br-].[Br-].[Br-].[Br-]. The fourth-order valence-electron chi connectivity index (χ4n) is 8.06. The van der Waals surface area contributed by atoms with Gasteiger partial charge in [0.2, 0.25) is 0 Å². The third-order valence-electron chi connectivity index (χ3n) is 12.7. The Labute approximate surface area is 523 Å². The van der Waals surface area contributed by atoms with Gasteiger partial charge in [-0.05, 0) is 81.6 Å². The van der Waals surface area contributed by atoms with Crippen LogP contribution >= 0.6 is 0 Å². The summed E-state index contributed by atoms with van der Waals surface area (Å²) in [7, 11) is 16.8. The van der Waals surface area contributed by atoms with Crippen LogP contribution < -0.4 is 78.6 Å². The first-order valence-electron chi connectivity index (χ1n) is 26.6. The van der Waals surface area contributed by atoms with Gasteiger partial charge in [-0.3, -0.25) is 23.9 Å². The van der Waals surface area contributed by atoms with E-state index in [0.29, 0.717) is 41.7 Å². The summed E-state index contributed by atoms with van der Waals surface area (Å²) in [6.45, 7) is 17.3. The van der Waals surface area contributed by atoms with E-state index in [-0.39, 0.29) is 91.8 Å². The molecule has 1 aromatic rings. The summed E-state index contributed by atoms with van der Waals surface area (Å²) in [5, 5.41) is 17.7. The number of imide groups is 2. The van der Waals surface area contributed by atoms with Crippen molar-refractivity contribution in [3.8, 4) is 84.0 Å². The number of azide groups is 1. The summed E-state index contributed by atoms with van der Waals surface area (Å²) < 4.78 is 4.80. The van der Waals surface area contributed by atoms with Crippen LogP contribution in [0.4, 0.5) is 9.59 Å². The molecule has 2 N–H and O–H groups in total. The molecule has 22 heteroatoms. The molecule has 6 amide bonds. The maximum atomic E-state index is 12.4. The molecular formula is C58H90Br4N14O4. The first kappa shape index (κ1) is 81.5. The Balaban J connectivity index is -0.000000584. The molecule has 80 heavy (non-hydrogen) atoms. The fourth-order valence-corrected chi connectivity index (χ4v) is 8.06. The highest BCUT2D eigenvalue weighted by Gasteiger charge is 2.45. The number of urea groups is 2. The van der Waals surface area contributed by atoms with E-state index in [4.69, 9.17) is 18.4 Å². The monoisotopic (exact) mass is 1360 g/mol. The molecule has 444 valence electrons. The van der Waals surface area contributed by atoms with Crippen LogP contribution in [0.3, 0.4) is 0 Å². The molecule has 3 heterocycles. The number of hydrogen-bond acceptors (Lipinski definition) is 7. The zero-order valence-electron chi connectivity index (χ0n) is 50.0. The van der Waals surface area contributed by atoms with Crippen LogP contribution in [0.1, 0.15) is 117 Å². The van der Waals surface area contributed by atoms with Crippen LogP contribution in [0.15, 0.2) is 11.3 Å². The predicted octanol–water partition coefficient (Wildman–Crippen LogP) is -6.01. The average Bonchev–Trinajstić information content (AvgIpc) is 3.92. The van der Waals surface area contributed by atoms with Gasteiger partial charge in [0.05, 0.1) is 114 Å². The second-order valence-electron chi connectivity index (χ2n) is 22.9. The topological polar surface area (TPSA) is 178 Å². The molecule has 0 spiro atoms. The molecule has 0 radical (unpaired) electrons. The fraction of sp³-hybridized carbons (Fsp3) is 0.655. The normalized spacial score (nSPS) is 13.5. The third kappa shape index (κ3) is 35.7. The maximum absolute atomic E-state index is 12.4. The van der Waals surface area contributed by atoms with Crippen molar-refractivity contribution in [3.63, 3.8) is 0 Å². The van der Waals surface area contributed by atoms with Crippen LogP contribution in [0.2, 0.25) is 0 Å². The first-order valence-corrected chi connectivity index (χ1v) is 26.6. The van der Waals surface area contributed by atoms with Crippen LogP contribution in [-0.2, 0) is 22.7 Å². The van der Waals surface area contributed by atoms with Gasteiger partial charge in [0.25, 0.3) is 11.8 Å². The van der Waals surface area contributed by atoms with Crippen molar-refractivity contribution in [1.82, 2.24) is 35.4 Å². The van der Waals surface area contributed by atoms with Crippen molar-refractivity contribution in [2.45, 2.75) is 136 Å². The van der Waals surface area contributed by atoms with Crippen molar-refractivity contribution in [1.29, 1.82) is 0 Å². The number of nitrogens with zero attached hydrogens (tertiary/aromatic N) is 12. The number of hydrogen-bond donors (Lipinski definition) is 2. The number of rotatable bonds is 28. The second-order valence-corrected chi connectivity index (χ2v) is 22.9. The van der Waals surface area contributed by atoms with Gasteiger partial charge in [0.15, 0.2) is 6.04 Å². The van der Waals surface area contributed by atoms with E-state index in [1.165, 1.54) is 80.6 Å². The highest BCUT2D eigenvalue weighted by Crippen LogP contribution is 2.19. The van der Waals surface area contributed by atoms with Crippen molar-refractivity contribution in [3.05, 3.63) is 22.3 Å². The predicted molar refractivity (Wildman–Crippen MR) is 302 cm³/mol. The van der Waals surface area contributed by atoms with Gasteiger partial charge >= 0.3 is 12.1 Å². The van der Waals surface area contributed by atoms with Crippen molar-refractivity contribution in [2.75, 3.05) is 115 Å². The minimum absolute atomic E-state index is 0. The standard InChI is InChI=1S/C29H56N7O2.C16H11N4.C13H21N3O2.4BrH/c1-8-9-10-11-12-13-14-15-16-17-21-35(4,5)23-20-33-24-26(31-32-33)25-36(6,7)22-18-19-34-27(37)29(2,3)30-28(34)38;1-4-5-6-7-8-9-10-11-12-13-15-20(2,3)16-14-18-19-17;1-6-9-16(4,5)10-7-8-15-11(17)13(2,3)14-12(15)18;;;;/h24H,8-23,25H2,1-7H3;1H,14,16H2,2-3H3;1H,7-10H2,2-5H3;4*1H/q2*+1;;;;;/p-2. The molecule has 18 nitrogen and oxygen atoms in total. The Bertz CT molecular complexity index is 2550. The number of nitrogens with one attached hydrogen (secondary N) is 2. The number of terminal acetylenes is 2. The molecule has 2 saturated heterocycles. The summed E-state index contributed by atoms with van der Waals surface area (Å²) in [5.41, 5.74) is 7.57. The van der Waals surface area contributed by atoms with E-state index in [0.717, 1.165) is 60.2 Å². The lowest BCUT2D eigenvalue weighted by Gasteiger charge is -2.30. The minimum atomic E-state index is -0.805. The molecule has 2 aliphatic rings. The lowest BCUT2D eigenvalue weighted by atomic mass is 10.1. The zero-order valence-corrected chi connectivity index (χ0v) is 56.4. The molecule has 0 aromatic carbocycles. The number of carbonyl (C=O) groups is 4. The molecule has 2 fully saturated rings. The Morgan fingerprint density at radius 1 is 0.588 bits per heavy atom. The minimum Gasteiger partial charge on any atom is -1.00 e. The third-order valence-corrected chi connectivity index (χ3v) is 12.7. The van der Waals surface area contributed by atoms with E-state index in [1.807, 2.05) is 32.9 Å². The van der Waals surface area contributed by atoms with Crippen LogP contribution in [0, 0.1) is 84.0 Å². The molecule has 1 aromatic heterocycles. The van der Waals surface area contributed by atoms with E-state index >= 15 is 0 Å². The first-order chi connectivity index (χ1) is 35.7. The number of unbranched alkanes of at least 4 members (excludes halogenated alkanes) is 9. The Morgan fingerprint density at radius 3 is 1.46 bits per heavy atom. The highest BCUT2D eigenvalue weighted by atomic mass is 79.9. The lowest BCUT2D eigenvalue weighted by Crippen LogP contribution is -3.00. The molecule has 0 saturated carbocycles. The molecule has 0 bridgehead atoms. The number of likely N-dealkylation sites (N-methyl/N-ethyl adjacent to an activating group) is 2. The van der Waals surface area contributed by atoms with Crippen molar-refractivity contribution < 1.29 is 105 Å². The maximum Gasteiger partial charge on any atom is 0.325 e. The van der Waals surface area contributed by atoms with Crippen molar-refractivity contribution >= 4 is 23.9 Å². The van der Waals surface area contributed by atoms with Crippen LogP contribution in [-0.4, -0.2) is 193 Å². The smallest absolute Gasteiger partial charge is 0.325 e. The van der Waals surface area contributed by atoms with E-state index in [1.54, 1.807) is 27.7 Å². The number of aromatic nitrogens is 3. The molecule has 0 aliphatic carbocycles. The van der Waals surface area contributed by atoms with E-state index in [9.17, 15) is 19.2 Å². The van der Waals surface area contributed by atoms with Gasteiger partial charge in [0, 0.05) is 54.5 Å². The second kappa shape index (κ2) is 41.9. The number of halogens is 4. The van der Waals surface area contributed by atoms with Crippen LogP contribution in [0.5, 0.6) is 0 Å². The largest absolute Gasteiger partial charge is 1.00 e. The Kier molecular flexibility index (Phi) is 42.7. The number of quaternary nitrogens is 4. The summed E-state index contributed by atoms with van der Waals surface area (Å²) in [6.07, 6.45) is 27.5. The summed E-state index contributed by atoms with van der Waals surface area (Å²) in [6, 6.07) is 2.33. The number of amides is 6. The van der Waals surface area contributed by atoms with Crippen LogP contribution in [0.25, 0.3) is 10.4 Å². The lowest BCUT2D eigenvalue weighted by molar-refractivity contribution is -0.904. The zero-order chi connectivity index (χ0) is 57.3. The Hall–Kier alpha value is -4.99. The molecule has 0 unspecified atom stereocenters. The van der Waals surface area contributed by atoms with Crippen molar-refractivity contribution in [2.24, 2.45) is 5.11 Å². The molecule has 2 aliphatic heterocycles. The highest BCUT2D eigenvalue weighted by molar-refractivity contribution is 6.07. The number of carbonyl (C=O) groups excluding carboxylic acids is 4. The van der Waals surface area contributed by atoms with E-state index in [2.05, 4.69) is 143 Å². The van der Waals surface area contributed by atoms with Gasteiger partial charge < -0.3 is 92.0 Å². The van der Waals surface area contributed by atoms with E-state index < -0.39 is 11.1 Å². The molecule has 0 atom stereocenters. The molecule has 3 rings (SSSR count). The summed E-state index contributed by atoms with van der Waals surface area (Å²) >= 11 is 0. The van der Waals surface area contributed by atoms with Gasteiger partial charge in [-0.2, -0.15) is 0 Å². The van der Waals surface area contributed by atoms with Gasteiger partial charge in [-0.1, -0.05) is 68.6 Å². The molecular weight excluding hydrogens is 1280 g/mol. The Morgan fingerprint density at radius 2 is 1.02 bits per heavy atom. The summed E-state index contributed by atoms with van der Waals surface area (Å²) in [4.78, 5) is 53.4. The van der Waals surface area contributed by atoms with Gasteiger partial charge in [-0.25, -0.2) is 14.3 Å².